The normalized spacial score (nSPS) is 18.3. The molecule has 31 heavy (non-hydrogen) atoms. The first-order valence-electron chi connectivity index (χ1n) is 10.2. The van der Waals surface area contributed by atoms with Crippen molar-refractivity contribution in [2.24, 2.45) is 7.05 Å². The van der Waals surface area contributed by atoms with E-state index in [1.165, 1.54) is 0 Å². The van der Waals surface area contributed by atoms with Crippen molar-refractivity contribution in [3.63, 3.8) is 0 Å². The quantitative estimate of drug-likeness (QED) is 0.662. The Morgan fingerprint density at radius 2 is 1.94 bits per heavy atom. The zero-order chi connectivity index (χ0) is 21.7. The summed E-state index contributed by atoms with van der Waals surface area (Å²) in [5.41, 5.74) is 6.22. The van der Waals surface area contributed by atoms with Crippen LogP contribution in [0.3, 0.4) is 0 Å². The summed E-state index contributed by atoms with van der Waals surface area (Å²) in [5, 5.41) is 6.79. The van der Waals surface area contributed by atoms with Gasteiger partial charge in [-0.25, -0.2) is 0 Å². The molecule has 1 aromatic carbocycles. The Balaban J connectivity index is 1.51. The second-order valence-corrected chi connectivity index (χ2v) is 7.94. The van der Waals surface area contributed by atoms with E-state index in [0.29, 0.717) is 18.5 Å². The summed E-state index contributed by atoms with van der Waals surface area (Å²) in [7, 11) is 1.90. The largest absolute Gasteiger partial charge is 0.322 e. The number of piperidine rings is 1. The van der Waals surface area contributed by atoms with Crippen LogP contribution >= 0.6 is 0 Å². The van der Waals surface area contributed by atoms with Gasteiger partial charge in [0.1, 0.15) is 6.04 Å². The lowest BCUT2D eigenvalue weighted by Crippen LogP contribution is -2.52. The van der Waals surface area contributed by atoms with Crippen molar-refractivity contribution in [3.8, 4) is 22.4 Å². The maximum absolute atomic E-state index is 12.9. The van der Waals surface area contributed by atoms with E-state index in [-0.39, 0.29) is 18.2 Å². The van der Waals surface area contributed by atoms with Crippen LogP contribution < -0.4 is 5.32 Å². The summed E-state index contributed by atoms with van der Waals surface area (Å²) in [6.45, 7) is 2.31. The Bertz CT molecular complexity index is 1250. The lowest BCUT2D eigenvalue weighted by atomic mass is 9.97. The molecule has 1 atom stereocenters. The van der Waals surface area contributed by atoms with Gasteiger partial charge in [-0.3, -0.25) is 29.4 Å². The van der Waals surface area contributed by atoms with Gasteiger partial charge < -0.3 is 4.90 Å². The van der Waals surface area contributed by atoms with Crippen molar-refractivity contribution in [1.82, 2.24) is 25.0 Å². The number of aromatic nitrogens is 3. The molecule has 2 aliphatic rings. The van der Waals surface area contributed by atoms with E-state index >= 15 is 0 Å². The van der Waals surface area contributed by atoms with Gasteiger partial charge in [-0.05, 0) is 48.7 Å². The van der Waals surface area contributed by atoms with Gasteiger partial charge in [0.2, 0.25) is 11.8 Å². The summed E-state index contributed by atoms with van der Waals surface area (Å²) in [6.07, 6.45) is 4.17. The SMILES string of the molecule is Cc1ncccc1-c1c(-c2ccc3c(c2)CN(C2CCC(=O)NC2=O)C3=O)cnn1C. The highest BCUT2D eigenvalue weighted by atomic mass is 16.2. The number of carbonyl (C=O) groups is 3. The number of hydrogen-bond donors (Lipinski definition) is 1. The molecule has 0 aliphatic carbocycles. The molecule has 1 unspecified atom stereocenters. The molecule has 1 fully saturated rings. The van der Waals surface area contributed by atoms with E-state index in [2.05, 4.69) is 15.4 Å². The van der Waals surface area contributed by atoms with Crippen molar-refractivity contribution in [2.75, 3.05) is 0 Å². The molecule has 3 amide bonds. The lowest BCUT2D eigenvalue weighted by Gasteiger charge is -2.29. The number of hydrogen-bond acceptors (Lipinski definition) is 5. The zero-order valence-corrected chi connectivity index (χ0v) is 17.3. The van der Waals surface area contributed by atoms with Crippen LogP contribution in [-0.4, -0.2) is 43.4 Å². The van der Waals surface area contributed by atoms with E-state index in [0.717, 1.165) is 33.6 Å². The van der Waals surface area contributed by atoms with E-state index in [4.69, 9.17) is 0 Å². The molecule has 2 aromatic heterocycles. The standard InChI is InChI=1S/C23H21N5O3/c1-13-16(4-3-9-24-13)21-18(11-25-27(21)2)14-5-6-17-15(10-14)12-28(23(17)31)19-7-8-20(29)26-22(19)30/h3-6,9-11,19H,7-8,12H2,1-2H3,(H,26,29,30). The maximum atomic E-state index is 12.9. The molecule has 8 nitrogen and oxygen atoms in total. The van der Waals surface area contributed by atoms with Crippen LogP contribution in [0.2, 0.25) is 0 Å². The molecule has 0 radical (unpaired) electrons. The molecule has 2 aliphatic heterocycles. The average Bonchev–Trinajstić information content (AvgIpc) is 3.28. The van der Waals surface area contributed by atoms with E-state index in [9.17, 15) is 14.4 Å². The third-order valence-electron chi connectivity index (χ3n) is 6.04. The smallest absolute Gasteiger partial charge is 0.255 e. The van der Waals surface area contributed by atoms with Crippen LogP contribution in [0, 0.1) is 6.92 Å². The number of carbonyl (C=O) groups excluding carboxylic acids is 3. The maximum Gasteiger partial charge on any atom is 0.255 e. The van der Waals surface area contributed by atoms with E-state index < -0.39 is 11.9 Å². The molecular formula is C23H21N5O3. The van der Waals surface area contributed by atoms with Gasteiger partial charge in [-0.15, -0.1) is 0 Å². The Labute approximate surface area is 178 Å². The van der Waals surface area contributed by atoms with Crippen LogP contribution in [-0.2, 0) is 23.2 Å². The average molecular weight is 415 g/mol. The predicted molar refractivity (Wildman–Crippen MR) is 113 cm³/mol. The predicted octanol–water partition coefficient (Wildman–Crippen LogP) is 2.22. The summed E-state index contributed by atoms with van der Waals surface area (Å²) in [4.78, 5) is 42.6. The highest BCUT2D eigenvalue weighted by molar-refractivity contribution is 6.05. The Hall–Kier alpha value is -3.81. The van der Waals surface area contributed by atoms with E-state index in [1.54, 1.807) is 11.1 Å². The third-order valence-corrected chi connectivity index (χ3v) is 6.04. The van der Waals surface area contributed by atoms with Gasteiger partial charge in [0.25, 0.3) is 5.91 Å². The molecule has 3 aromatic rings. The number of aryl methyl sites for hydroxylation is 2. The summed E-state index contributed by atoms with van der Waals surface area (Å²) >= 11 is 0. The molecule has 156 valence electrons. The van der Waals surface area contributed by atoms with Crippen LogP contribution in [0.15, 0.2) is 42.7 Å². The first kappa shape index (κ1) is 19.2. The van der Waals surface area contributed by atoms with Crippen molar-refractivity contribution in [2.45, 2.75) is 32.4 Å². The van der Waals surface area contributed by atoms with Crippen molar-refractivity contribution >= 4 is 17.7 Å². The molecule has 0 saturated carbocycles. The van der Waals surface area contributed by atoms with Crippen LogP contribution in [0.25, 0.3) is 22.4 Å². The topological polar surface area (TPSA) is 97.2 Å². The van der Waals surface area contributed by atoms with Gasteiger partial charge in [-0.2, -0.15) is 5.10 Å². The van der Waals surface area contributed by atoms with Crippen LogP contribution in [0.1, 0.15) is 34.5 Å². The summed E-state index contributed by atoms with van der Waals surface area (Å²) in [5.74, 6) is -0.868. The summed E-state index contributed by atoms with van der Waals surface area (Å²) < 4.78 is 1.83. The first-order valence-corrected chi connectivity index (χ1v) is 10.2. The number of amides is 3. The second kappa shape index (κ2) is 7.16. The molecule has 0 bridgehead atoms. The number of imide groups is 1. The van der Waals surface area contributed by atoms with Gasteiger partial charge in [-0.1, -0.05) is 6.07 Å². The molecule has 4 heterocycles. The van der Waals surface area contributed by atoms with E-state index in [1.807, 2.05) is 55.2 Å². The molecule has 8 heteroatoms. The fourth-order valence-corrected chi connectivity index (χ4v) is 4.44. The van der Waals surface area contributed by atoms with Crippen molar-refractivity contribution < 1.29 is 14.4 Å². The van der Waals surface area contributed by atoms with Gasteiger partial charge in [0.05, 0.1) is 11.9 Å². The fraction of sp³-hybridized carbons (Fsp3) is 0.261. The first-order chi connectivity index (χ1) is 14.9. The molecule has 1 saturated heterocycles. The third kappa shape index (κ3) is 3.11. The van der Waals surface area contributed by atoms with Gasteiger partial charge in [0, 0.05) is 48.6 Å². The lowest BCUT2D eigenvalue weighted by molar-refractivity contribution is -0.136. The molecule has 1 N–H and O–H groups in total. The fourth-order valence-electron chi connectivity index (χ4n) is 4.44. The minimum atomic E-state index is -0.618. The molecule has 5 rings (SSSR count). The highest BCUT2D eigenvalue weighted by Gasteiger charge is 2.39. The Morgan fingerprint density at radius 3 is 2.71 bits per heavy atom. The minimum Gasteiger partial charge on any atom is -0.322 e. The number of pyridine rings is 1. The highest BCUT2D eigenvalue weighted by Crippen LogP contribution is 2.36. The van der Waals surface area contributed by atoms with Crippen LogP contribution in [0.5, 0.6) is 0 Å². The van der Waals surface area contributed by atoms with Crippen molar-refractivity contribution in [1.29, 1.82) is 0 Å². The molecular weight excluding hydrogens is 394 g/mol. The minimum absolute atomic E-state index is 0.175. The monoisotopic (exact) mass is 415 g/mol. The number of rotatable bonds is 3. The van der Waals surface area contributed by atoms with Gasteiger partial charge >= 0.3 is 0 Å². The number of nitrogens with zero attached hydrogens (tertiary/aromatic N) is 4. The van der Waals surface area contributed by atoms with Gasteiger partial charge in [0.15, 0.2) is 0 Å². The summed E-state index contributed by atoms with van der Waals surface area (Å²) in [6, 6.07) is 9.02. The second-order valence-electron chi connectivity index (χ2n) is 7.94. The number of nitrogens with one attached hydrogen (secondary N) is 1. The van der Waals surface area contributed by atoms with Crippen molar-refractivity contribution in [3.05, 3.63) is 59.5 Å². The Kier molecular flexibility index (Phi) is 4.43. The number of fused-ring (bicyclic) bond motifs is 1. The van der Waals surface area contributed by atoms with Crippen LogP contribution in [0.4, 0.5) is 0 Å². The Morgan fingerprint density at radius 1 is 1.10 bits per heavy atom. The molecule has 0 spiro atoms. The zero-order valence-electron chi connectivity index (χ0n) is 17.3. The number of benzene rings is 1.